The summed E-state index contributed by atoms with van der Waals surface area (Å²) in [6.45, 7) is 13.4. The summed E-state index contributed by atoms with van der Waals surface area (Å²) in [4.78, 5) is 4.45. The van der Waals surface area contributed by atoms with Crippen molar-refractivity contribution in [2.75, 3.05) is 7.05 Å². The van der Waals surface area contributed by atoms with Gasteiger partial charge < -0.3 is 0 Å². The Kier molecular flexibility index (Phi) is 10.8. The number of unbranched alkanes of at least 4 members (excludes halogenated alkanes) is 2. The number of rotatable bonds is 8. The normalized spacial score (nSPS) is 12.9. The van der Waals surface area contributed by atoms with Gasteiger partial charge in [0.2, 0.25) is 0 Å². The first-order valence-electron chi connectivity index (χ1n) is 11.0. The molecule has 28 heavy (non-hydrogen) atoms. The lowest BCUT2D eigenvalue weighted by atomic mass is 9.77. The Morgan fingerprint density at radius 1 is 0.821 bits per heavy atom. The van der Waals surface area contributed by atoms with E-state index in [9.17, 15) is 0 Å². The highest BCUT2D eigenvalue weighted by molar-refractivity contribution is 5.88. The summed E-state index contributed by atoms with van der Waals surface area (Å²) in [5, 5.41) is 0. The van der Waals surface area contributed by atoms with E-state index >= 15 is 0 Å². The molecule has 0 saturated heterocycles. The van der Waals surface area contributed by atoms with E-state index in [1.165, 1.54) is 54.5 Å². The van der Waals surface area contributed by atoms with E-state index in [-0.39, 0.29) is 5.41 Å². The molecule has 1 heteroatoms. The number of benzene rings is 2. The predicted octanol–water partition coefficient (Wildman–Crippen LogP) is 8.18. The van der Waals surface area contributed by atoms with Gasteiger partial charge in [-0.3, -0.25) is 4.99 Å². The number of hydrogen-bond donors (Lipinski definition) is 0. The van der Waals surface area contributed by atoms with Crippen molar-refractivity contribution in [3.63, 3.8) is 0 Å². The Bertz CT molecular complexity index is 678. The summed E-state index contributed by atoms with van der Waals surface area (Å²) in [5.41, 5.74) is 5.36. The van der Waals surface area contributed by atoms with E-state index < -0.39 is 0 Å². The molecule has 0 saturated carbocycles. The Balaban J connectivity index is 0.000000892. The summed E-state index contributed by atoms with van der Waals surface area (Å²) in [7, 11) is 1.90. The first-order valence-corrected chi connectivity index (χ1v) is 11.0. The minimum Gasteiger partial charge on any atom is -0.297 e. The second kappa shape index (κ2) is 12.5. The molecule has 2 aromatic rings. The Labute approximate surface area is 174 Å². The predicted molar refractivity (Wildman–Crippen MR) is 127 cm³/mol. The van der Waals surface area contributed by atoms with Gasteiger partial charge in [-0.05, 0) is 30.0 Å². The molecular weight excluding hydrogens is 338 g/mol. The lowest BCUT2D eigenvalue weighted by Crippen LogP contribution is -2.19. The third-order valence-corrected chi connectivity index (χ3v) is 5.73. The van der Waals surface area contributed by atoms with Gasteiger partial charge in [-0.1, -0.05) is 115 Å². The molecular formula is C27H41N. The maximum absolute atomic E-state index is 4.45. The lowest BCUT2D eigenvalue weighted by molar-refractivity contribution is 0.638. The maximum atomic E-state index is 4.45. The van der Waals surface area contributed by atoms with E-state index in [4.69, 9.17) is 0 Å². The fourth-order valence-electron chi connectivity index (χ4n) is 3.33. The van der Waals surface area contributed by atoms with Gasteiger partial charge in [0, 0.05) is 24.1 Å². The van der Waals surface area contributed by atoms with Gasteiger partial charge in [0.25, 0.3) is 0 Å². The summed E-state index contributed by atoms with van der Waals surface area (Å²) in [6.07, 6.45) is 6.29. The molecule has 2 aromatic carbocycles. The lowest BCUT2D eigenvalue weighted by Gasteiger charge is -2.27. The second-order valence-electron chi connectivity index (χ2n) is 8.17. The number of hydrogen-bond acceptors (Lipinski definition) is 1. The van der Waals surface area contributed by atoms with Crippen LogP contribution in [-0.2, 0) is 5.41 Å². The number of nitrogens with zero attached hydrogens (tertiary/aromatic N) is 1. The van der Waals surface area contributed by atoms with Crippen molar-refractivity contribution in [3.8, 4) is 0 Å². The van der Waals surface area contributed by atoms with Gasteiger partial charge in [-0.15, -0.1) is 0 Å². The third-order valence-electron chi connectivity index (χ3n) is 5.73. The summed E-state index contributed by atoms with van der Waals surface area (Å²) in [6, 6.07) is 19.9. The van der Waals surface area contributed by atoms with Crippen LogP contribution in [0.5, 0.6) is 0 Å². The second-order valence-corrected chi connectivity index (χ2v) is 8.17. The van der Waals surface area contributed by atoms with Gasteiger partial charge in [-0.2, -0.15) is 0 Å². The van der Waals surface area contributed by atoms with Crippen LogP contribution < -0.4 is 0 Å². The molecule has 0 aliphatic heterocycles. The summed E-state index contributed by atoms with van der Waals surface area (Å²) < 4.78 is 0. The van der Waals surface area contributed by atoms with Crippen LogP contribution in [0.15, 0.2) is 59.6 Å². The van der Waals surface area contributed by atoms with Crippen LogP contribution in [0.25, 0.3) is 0 Å². The van der Waals surface area contributed by atoms with Gasteiger partial charge >= 0.3 is 0 Å². The topological polar surface area (TPSA) is 12.4 Å². The average Bonchev–Trinajstić information content (AvgIpc) is 2.75. The van der Waals surface area contributed by atoms with Crippen LogP contribution in [-0.4, -0.2) is 12.8 Å². The van der Waals surface area contributed by atoms with Crippen molar-refractivity contribution in [2.45, 2.75) is 85.0 Å². The molecule has 0 bridgehead atoms. The summed E-state index contributed by atoms with van der Waals surface area (Å²) >= 11 is 0. The Morgan fingerprint density at radius 2 is 1.36 bits per heavy atom. The molecule has 0 spiro atoms. The molecule has 0 aliphatic carbocycles. The van der Waals surface area contributed by atoms with Crippen LogP contribution in [0.3, 0.4) is 0 Å². The molecule has 0 amide bonds. The minimum atomic E-state index is 0.0204. The van der Waals surface area contributed by atoms with Crippen molar-refractivity contribution in [2.24, 2.45) is 4.99 Å². The Morgan fingerprint density at radius 3 is 1.82 bits per heavy atom. The van der Waals surface area contributed by atoms with Crippen LogP contribution in [0.1, 0.15) is 96.3 Å². The molecule has 0 radical (unpaired) electrons. The first kappa shape index (κ1) is 24.1. The molecule has 1 atom stereocenters. The highest BCUT2D eigenvalue weighted by atomic mass is 14.7. The molecule has 0 N–H and O–H groups in total. The fourth-order valence-corrected chi connectivity index (χ4v) is 3.33. The first-order chi connectivity index (χ1) is 13.4. The van der Waals surface area contributed by atoms with E-state index in [2.05, 4.69) is 101 Å². The van der Waals surface area contributed by atoms with Crippen LogP contribution in [0.2, 0.25) is 0 Å². The van der Waals surface area contributed by atoms with E-state index in [1.54, 1.807) is 0 Å². The van der Waals surface area contributed by atoms with E-state index in [1.807, 2.05) is 7.05 Å². The van der Waals surface area contributed by atoms with Crippen molar-refractivity contribution in [1.82, 2.24) is 0 Å². The smallest absolute Gasteiger partial charge is 0.0276 e. The molecule has 1 nitrogen and oxygen atoms in total. The number of aliphatic imine (C=N–C) groups is 1. The average molecular weight is 380 g/mol. The molecule has 0 aromatic heterocycles. The molecule has 0 heterocycles. The van der Waals surface area contributed by atoms with Crippen molar-refractivity contribution in [3.05, 3.63) is 71.3 Å². The van der Waals surface area contributed by atoms with Gasteiger partial charge in [0.15, 0.2) is 0 Å². The molecule has 1 unspecified atom stereocenters. The van der Waals surface area contributed by atoms with Crippen LogP contribution in [0, 0.1) is 0 Å². The van der Waals surface area contributed by atoms with E-state index in [0.29, 0.717) is 5.92 Å². The maximum Gasteiger partial charge on any atom is 0.0276 e. The van der Waals surface area contributed by atoms with Crippen molar-refractivity contribution < 1.29 is 0 Å². The fraction of sp³-hybridized carbons (Fsp3) is 0.519. The SMILES string of the molecule is CCCC.CCCCC(C(C)=NC)c1ccc(C(C)(C)c2ccccc2)cc1. The molecule has 2 rings (SSSR count). The standard InChI is InChI=1S/C23H31N.C4H10/c1-6-7-13-22(18(2)24-5)19-14-16-21(17-15-19)23(3,4)20-11-9-8-10-12-20;1-3-4-2/h8-12,14-17,22H,6-7,13H2,1-5H3;3-4H2,1-2H3. The minimum absolute atomic E-state index is 0.0204. The van der Waals surface area contributed by atoms with Crippen molar-refractivity contribution >= 4 is 5.71 Å². The Hall–Kier alpha value is -1.89. The van der Waals surface area contributed by atoms with Gasteiger partial charge in [0.1, 0.15) is 0 Å². The molecule has 0 fully saturated rings. The largest absolute Gasteiger partial charge is 0.297 e. The quantitative estimate of drug-likeness (QED) is 0.410. The van der Waals surface area contributed by atoms with Gasteiger partial charge in [-0.25, -0.2) is 0 Å². The van der Waals surface area contributed by atoms with Crippen LogP contribution >= 0.6 is 0 Å². The zero-order chi connectivity index (χ0) is 21.0. The van der Waals surface area contributed by atoms with Crippen LogP contribution in [0.4, 0.5) is 0 Å². The molecule has 154 valence electrons. The zero-order valence-electron chi connectivity index (χ0n) is 19.3. The third kappa shape index (κ3) is 6.93. The molecule has 0 aliphatic rings. The highest BCUT2D eigenvalue weighted by Gasteiger charge is 2.23. The summed E-state index contributed by atoms with van der Waals surface area (Å²) in [5.74, 6) is 0.448. The highest BCUT2D eigenvalue weighted by Crippen LogP contribution is 2.33. The van der Waals surface area contributed by atoms with E-state index in [0.717, 1.165) is 0 Å². The monoisotopic (exact) mass is 379 g/mol. The van der Waals surface area contributed by atoms with Gasteiger partial charge in [0.05, 0.1) is 0 Å². The zero-order valence-corrected chi connectivity index (χ0v) is 19.3. The van der Waals surface area contributed by atoms with Crippen molar-refractivity contribution in [1.29, 1.82) is 0 Å².